The Kier molecular flexibility index (Phi) is 11.0. The minimum Gasteiger partial charge on any atom is -0.454 e. The predicted molar refractivity (Wildman–Crippen MR) is 327 cm³/mol. The van der Waals surface area contributed by atoms with Gasteiger partial charge in [0.2, 0.25) is 0 Å². The quantitative estimate of drug-likeness (QED) is 0.159. The highest BCUT2D eigenvalue weighted by molar-refractivity contribution is 7.25. The van der Waals surface area contributed by atoms with Crippen molar-refractivity contribution in [3.8, 4) is 22.3 Å². The van der Waals surface area contributed by atoms with E-state index in [2.05, 4.69) is 265 Å². The molecule has 0 radical (unpaired) electrons. The number of hydrogen-bond donors (Lipinski definition) is 0. The lowest BCUT2D eigenvalue weighted by Crippen LogP contribution is -2.16. The van der Waals surface area contributed by atoms with Crippen LogP contribution in [0.1, 0.15) is 53.5 Å². The first-order chi connectivity index (χ1) is 38.1. The zero-order chi connectivity index (χ0) is 51.0. The minimum atomic E-state index is 0.182. The summed E-state index contributed by atoms with van der Waals surface area (Å²) in [5, 5.41) is 4.85. The van der Waals surface area contributed by atoms with Gasteiger partial charge in [-0.15, -0.1) is 11.3 Å². The van der Waals surface area contributed by atoms with Gasteiger partial charge in [0, 0.05) is 54.2 Å². The molecule has 3 aliphatic carbocycles. The van der Waals surface area contributed by atoms with Gasteiger partial charge in [-0.05, 0) is 166 Å². The minimum absolute atomic E-state index is 0.182. The highest BCUT2D eigenvalue weighted by Gasteiger charge is 2.32. The Morgan fingerprint density at radius 1 is 0.494 bits per heavy atom. The summed E-state index contributed by atoms with van der Waals surface area (Å²) in [7, 11) is 0. The summed E-state index contributed by atoms with van der Waals surface area (Å²) in [5.41, 5.74) is 22.6. The number of hydrogen-bond acceptors (Lipinski definition) is 4. The second kappa shape index (κ2) is 18.7. The second-order valence-electron chi connectivity index (χ2n) is 21.1. The number of para-hydroxylation sites is 3. The molecule has 10 aromatic carbocycles. The van der Waals surface area contributed by atoms with Gasteiger partial charge in [0.15, 0.2) is 5.58 Å². The molecule has 0 saturated heterocycles. The number of nitrogens with zero attached hydrogens (tertiary/aromatic N) is 2. The summed E-state index contributed by atoms with van der Waals surface area (Å²) in [4.78, 5) is 4.87. The number of furan rings is 1. The van der Waals surface area contributed by atoms with Crippen LogP contribution in [-0.4, -0.2) is 0 Å². The first-order valence-corrected chi connectivity index (χ1v) is 28.0. The molecule has 2 aromatic heterocycles. The lowest BCUT2D eigenvalue weighted by atomic mass is 9.74. The van der Waals surface area contributed by atoms with Crippen molar-refractivity contribution in [3.63, 3.8) is 0 Å². The maximum absolute atomic E-state index is 7.40. The van der Waals surface area contributed by atoms with Crippen LogP contribution in [0.3, 0.4) is 0 Å². The standard InChI is InChI=1S/C73H54N2OS/c1-47-36-37-49-44-66-71-67(74(51-21-5-2-6-22-51)52-23-7-3-8-24-52)33-19-34-68(71)76-73(66)72(64(49)42-47)75(53-25-9-4-10-26-53)54-39-41-60-58-30-14-13-28-56(58)57-29-15-16-31-59(57)63(43-48-20-11-12-27-55(48)65(60)46-54)50-38-40-62-61-32-17-18-35-69(61)77-70(62)45-50/h2-15,17-30,32-41,44-47,63H,16,31,42-43H2,1H3. The molecule has 4 heteroatoms. The van der Waals surface area contributed by atoms with Gasteiger partial charge in [-0.25, -0.2) is 0 Å². The summed E-state index contributed by atoms with van der Waals surface area (Å²) in [6.45, 7) is 2.33. The lowest BCUT2D eigenvalue weighted by Gasteiger charge is -2.32. The zero-order valence-corrected chi connectivity index (χ0v) is 43.7. The van der Waals surface area contributed by atoms with Crippen molar-refractivity contribution in [2.45, 2.75) is 38.5 Å². The van der Waals surface area contributed by atoms with Crippen LogP contribution in [0.4, 0.5) is 34.1 Å². The van der Waals surface area contributed by atoms with E-state index in [1.165, 1.54) is 81.4 Å². The average Bonchev–Trinajstić information content (AvgIpc) is 4.07. The molecule has 3 nitrogen and oxygen atoms in total. The number of allylic oxidation sites excluding steroid dienone is 5. The number of thiophene rings is 1. The third-order valence-electron chi connectivity index (χ3n) is 16.5. The van der Waals surface area contributed by atoms with Crippen LogP contribution in [0.5, 0.6) is 0 Å². The van der Waals surface area contributed by atoms with Crippen LogP contribution in [-0.2, 0) is 12.8 Å². The molecule has 2 heterocycles. The summed E-state index contributed by atoms with van der Waals surface area (Å²) >= 11 is 1.91. The van der Waals surface area contributed by atoms with Gasteiger partial charge in [-0.1, -0.05) is 182 Å². The molecule has 0 spiro atoms. The molecule has 12 aromatic rings. The first kappa shape index (κ1) is 45.4. The van der Waals surface area contributed by atoms with E-state index < -0.39 is 0 Å². The Hall–Kier alpha value is -8.96. The summed E-state index contributed by atoms with van der Waals surface area (Å²) < 4.78 is 10.1. The van der Waals surface area contributed by atoms with Gasteiger partial charge in [-0.3, -0.25) is 0 Å². The predicted octanol–water partition coefficient (Wildman–Crippen LogP) is 20.9. The summed E-state index contributed by atoms with van der Waals surface area (Å²) in [6.07, 6.45) is 13.4. The highest BCUT2D eigenvalue weighted by Crippen LogP contribution is 2.53. The molecule has 2 atom stereocenters. The largest absolute Gasteiger partial charge is 0.454 e. The first-order valence-electron chi connectivity index (χ1n) is 27.2. The average molecular weight is 1010 g/mol. The van der Waals surface area contributed by atoms with E-state index >= 15 is 0 Å². The van der Waals surface area contributed by atoms with Crippen molar-refractivity contribution >= 4 is 99.2 Å². The maximum Gasteiger partial charge on any atom is 0.159 e. The number of benzene rings is 10. The molecule has 0 bridgehead atoms. The lowest BCUT2D eigenvalue weighted by molar-refractivity contribution is 0.665. The maximum atomic E-state index is 7.40. The van der Waals surface area contributed by atoms with E-state index in [4.69, 9.17) is 4.42 Å². The van der Waals surface area contributed by atoms with Crippen molar-refractivity contribution < 1.29 is 4.42 Å². The van der Waals surface area contributed by atoms with E-state index in [0.717, 1.165) is 81.7 Å². The summed E-state index contributed by atoms with van der Waals surface area (Å²) in [6, 6.07) is 83.1. The molecule has 15 rings (SSSR count). The van der Waals surface area contributed by atoms with Gasteiger partial charge in [-0.2, -0.15) is 0 Å². The van der Waals surface area contributed by atoms with Gasteiger partial charge in [0.05, 0.1) is 16.8 Å². The fourth-order valence-corrected chi connectivity index (χ4v) is 14.1. The monoisotopic (exact) mass is 1010 g/mol. The molecule has 0 amide bonds. The molecule has 0 N–H and O–H groups in total. The fourth-order valence-electron chi connectivity index (χ4n) is 13.0. The Morgan fingerprint density at radius 2 is 1.17 bits per heavy atom. The van der Waals surface area contributed by atoms with Crippen molar-refractivity contribution in [1.82, 2.24) is 0 Å². The smallest absolute Gasteiger partial charge is 0.159 e. The van der Waals surface area contributed by atoms with Crippen LogP contribution in [0.25, 0.3) is 76.0 Å². The zero-order valence-electron chi connectivity index (χ0n) is 42.9. The van der Waals surface area contributed by atoms with Crippen LogP contribution < -0.4 is 9.80 Å². The van der Waals surface area contributed by atoms with Gasteiger partial charge < -0.3 is 14.2 Å². The van der Waals surface area contributed by atoms with Crippen LogP contribution in [0, 0.1) is 5.92 Å². The van der Waals surface area contributed by atoms with Crippen LogP contribution >= 0.6 is 11.3 Å². The molecular formula is C73H54N2OS. The molecular weight excluding hydrogens is 953 g/mol. The molecule has 77 heavy (non-hydrogen) atoms. The Balaban J connectivity index is 0.974. The van der Waals surface area contributed by atoms with Crippen LogP contribution in [0.2, 0.25) is 0 Å². The van der Waals surface area contributed by atoms with Gasteiger partial charge >= 0.3 is 0 Å². The van der Waals surface area contributed by atoms with Crippen LogP contribution in [0.15, 0.2) is 253 Å². The van der Waals surface area contributed by atoms with E-state index in [9.17, 15) is 0 Å². The van der Waals surface area contributed by atoms with Crippen molar-refractivity contribution in [3.05, 3.63) is 276 Å². The summed E-state index contributed by atoms with van der Waals surface area (Å²) in [5.74, 6) is 0.525. The normalized spacial score (nSPS) is 15.8. The van der Waals surface area contributed by atoms with Crippen molar-refractivity contribution in [2.24, 2.45) is 5.92 Å². The van der Waals surface area contributed by atoms with E-state index in [0.29, 0.717) is 5.92 Å². The van der Waals surface area contributed by atoms with E-state index in [-0.39, 0.29) is 5.92 Å². The molecule has 368 valence electrons. The fraction of sp³-hybridized carbons (Fsp3) is 0.0959. The van der Waals surface area contributed by atoms with Crippen molar-refractivity contribution in [2.75, 3.05) is 9.80 Å². The second-order valence-corrected chi connectivity index (χ2v) is 22.1. The Labute approximate surface area is 453 Å². The number of anilines is 6. The number of fused-ring (bicyclic) bond motifs is 13. The Morgan fingerprint density at radius 3 is 1.96 bits per heavy atom. The van der Waals surface area contributed by atoms with E-state index in [1.54, 1.807) is 0 Å². The third-order valence-corrected chi connectivity index (χ3v) is 17.6. The SMILES string of the molecule is CC1C=Cc2cc3c(oc4cccc(N(c5ccccc5)c5ccccc5)c43)c(N(c3ccccc3)c3ccc4c(c3)-c3ccccc3CC(c3ccc5c(c3)sc3ccccc35)C3=C(C=CCC3)c3ccccc3-4)c2C1. The van der Waals surface area contributed by atoms with Gasteiger partial charge in [0.1, 0.15) is 5.58 Å². The number of rotatable bonds is 7. The third kappa shape index (κ3) is 7.69. The molecule has 0 fully saturated rings. The molecule has 2 unspecified atom stereocenters. The molecule has 0 saturated carbocycles. The Bertz CT molecular complexity index is 4330. The van der Waals surface area contributed by atoms with E-state index in [1.807, 2.05) is 11.3 Å². The topological polar surface area (TPSA) is 19.6 Å². The van der Waals surface area contributed by atoms with Gasteiger partial charge in [0.25, 0.3) is 0 Å². The van der Waals surface area contributed by atoms with Crippen molar-refractivity contribution in [1.29, 1.82) is 0 Å². The molecule has 0 aliphatic heterocycles. The highest BCUT2D eigenvalue weighted by atomic mass is 32.1. The molecule has 3 aliphatic rings.